The fourth-order valence-corrected chi connectivity index (χ4v) is 4.56. The van der Waals surface area contributed by atoms with Crippen molar-refractivity contribution < 1.29 is 26.3 Å². The van der Waals surface area contributed by atoms with Gasteiger partial charge in [0.15, 0.2) is 0 Å². The Morgan fingerprint density at radius 2 is 1.85 bits per heavy atom. The van der Waals surface area contributed by atoms with Crippen molar-refractivity contribution in [1.29, 1.82) is 0 Å². The second-order valence-corrected chi connectivity index (χ2v) is 8.56. The van der Waals surface area contributed by atoms with Crippen LogP contribution in [-0.4, -0.2) is 63.6 Å². The maximum Gasteiger partial charge on any atom is 0.417 e. The van der Waals surface area contributed by atoms with E-state index in [2.05, 4.69) is 4.90 Å². The minimum Gasteiger partial charge on any atom is -0.385 e. The van der Waals surface area contributed by atoms with Crippen LogP contribution in [0.15, 0.2) is 23.1 Å². The summed E-state index contributed by atoms with van der Waals surface area (Å²) in [5.74, 6) is 0. The highest BCUT2D eigenvalue weighted by Gasteiger charge is 2.36. The van der Waals surface area contributed by atoms with E-state index in [1.807, 2.05) is 6.92 Å². The van der Waals surface area contributed by atoms with E-state index in [4.69, 9.17) is 16.3 Å². The molecular weight excluding hydrogens is 393 g/mol. The molecule has 0 N–H and O–H groups in total. The Morgan fingerprint density at radius 1 is 1.23 bits per heavy atom. The number of hydrogen-bond acceptors (Lipinski definition) is 4. The molecule has 0 amide bonds. The van der Waals surface area contributed by atoms with E-state index in [1.165, 1.54) is 4.31 Å². The number of sulfonamides is 1. The van der Waals surface area contributed by atoms with Crippen molar-refractivity contribution in [3.8, 4) is 0 Å². The third kappa shape index (κ3) is 4.89. The zero-order chi connectivity index (χ0) is 19.5. The summed E-state index contributed by atoms with van der Waals surface area (Å²) in [6.07, 6.45) is -3.88. The Kier molecular flexibility index (Phi) is 6.95. The zero-order valence-corrected chi connectivity index (χ0v) is 16.2. The summed E-state index contributed by atoms with van der Waals surface area (Å²) < 4.78 is 70.6. The molecule has 0 saturated carbocycles. The quantitative estimate of drug-likeness (QED) is 0.717. The topological polar surface area (TPSA) is 49.9 Å². The molecule has 26 heavy (non-hydrogen) atoms. The molecule has 10 heteroatoms. The van der Waals surface area contributed by atoms with E-state index in [0.717, 1.165) is 18.6 Å². The van der Waals surface area contributed by atoms with Gasteiger partial charge in [-0.1, -0.05) is 11.6 Å². The van der Waals surface area contributed by atoms with Gasteiger partial charge in [-0.3, -0.25) is 4.90 Å². The third-order valence-electron chi connectivity index (χ3n) is 4.52. The van der Waals surface area contributed by atoms with Gasteiger partial charge < -0.3 is 4.74 Å². The van der Waals surface area contributed by atoms with Gasteiger partial charge in [0.05, 0.1) is 15.5 Å². The number of halogens is 4. The summed E-state index contributed by atoms with van der Waals surface area (Å²) in [4.78, 5) is 1.75. The van der Waals surface area contributed by atoms with Crippen LogP contribution < -0.4 is 0 Å². The van der Waals surface area contributed by atoms with Crippen LogP contribution in [0, 0.1) is 0 Å². The standard InChI is InChI=1S/C16H22ClF3N2O3S/c1-12(5-10-25-2)21-6-8-22(9-7-21)26(23,24)13-3-4-15(17)14(11-13)16(18,19)20/h3-4,11-12H,5-10H2,1-2H3. The third-order valence-corrected chi connectivity index (χ3v) is 6.74. The summed E-state index contributed by atoms with van der Waals surface area (Å²) in [6, 6.07) is 2.93. The number of benzene rings is 1. The van der Waals surface area contributed by atoms with E-state index >= 15 is 0 Å². The van der Waals surface area contributed by atoms with Crippen LogP contribution in [0.4, 0.5) is 13.2 Å². The molecular formula is C16H22ClF3N2O3S. The van der Waals surface area contributed by atoms with Crippen LogP contribution in [0.3, 0.4) is 0 Å². The van der Waals surface area contributed by atoms with Gasteiger partial charge in [0, 0.05) is 45.9 Å². The minimum absolute atomic E-state index is 0.226. The Labute approximate surface area is 156 Å². The molecule has 1 aromatic carbocycles. The lowest BCUT2D eigenvalue weighted by Crippen LogP contribution is -2.51. The van der Waals surface area contributed by atoms with Crippen molar-refractivity contribution in [2.45, 2.75) is 30.5 Å². The number of methoxy groups -OCH3 is 1. The number of piperazine rings is 1. The maximum absolute atomic E-state index is 13.0. The van der Waals surface area contributed by atoms with Gasteiger partial charge in [0.2, 0.25) is 10.0 Å². The molecule has 1 heterocycles. The van der Waals surface area contributed by atoms with Gasteiger partial charge in [-0.15, -0.1) is 0 Å². The lowest BCUT2D eigenvalue weighted by Gasteiger charge is -2.37. The van der Waals surface area contributed by atoms with Crippen LogP contribution in [0.5, 0.6) is 0 Å². The number of alkyl halides is 3. The van der Waals surface area contributed by atoms with Crippen molar-refractivity contribution in [3.05, 3.63) is 28.8 Å². The molecule has 0 spiro atoms. The fourth-order valence-electron chi connectivity index (χ4n) is 2.89. The Balaban J connectivity index is 2.13. The van der Waals surface area contributed by atoms with Gasteiger partial charge in [0.25, 0.3) is 0 Å². The zero-order valence-electron chi connectivity index (χ0n) is 14.6. The molecule has 1 saturated heterocycles. The van der Waals surface area contributed by atoms with Crippen LogP contribution in [0.1, 0.15) is 18.9 Å². The molecule has 0 bridgehead atoms. The van der Waals surface area contributed by atoms with Gasteiger partial charge in [-0.2, -0.15) is 17.5 Å². The van der Waals surface area contributed by atoms with Crippen molar-refractivity contribution in [2.75, 3.05) is 39.9 Å². The smallest absolute Gasteiger partial charge is 0.385 e. The highest BCUT2D eigenvalue weighted by Crippen LogP contribution is 2.36. The summed E-state index contributed by atoms with van der Waals surface area (Å²) in [5, 5.41) is -0.520. The second-order valence-electron chi connectivity index (χ2n) is 6.21. The molecule has 1 aliphatic rings. The first-order valence-electron chi connectivity index (χ1n) is 8.17. The molecule has 1 aromatic rings. The molecule has 2 rings (SSSR count). The van der Waals surface area contributed by atoms with E-state index < -0.39 is 31.7 Å². The highest BCUT2D eigenvalue weighted by molar-refractivity contribution is 7.89. The highest BCUT2D eigenvalue weighted by atomic mass is 35.5. The predicted octanol–water partition coefficient (Wildman–Crippen LogP) is 3.09. The Hall–Kier alpha value is -0.870. The minimum atomic E-state index is -4.71. The lowest BCUT2D eigenvalue weighted by molar-refractivity contribution is -0.137. The Morgan fingerprint density at radius 3 is 2.38 bits per heavy atom. The molecule has 1 aliphatic heterocycles. The summed E-state index contributed by atoms with van der Waals surface area (Å²) in [6.45, 7) is 4.14. The first-order valence-corrected chi connectivity index (χ1v) is 9.99. The molecule has 5 nitrogen and oxygen atoms in total. The van der Waals surface area contributed by atoms with E-state index in [-0.39, 0.29) is 19.1 Å². The molecule has 1 fully saturated rings. The van der Waals surface area contributed by atoms with Crippen LogP contribution in [-0.2, 0) is 20.9 Å². The van der Waals surface area contributed by atoms with Crippen molar-refractivity contribution in [2.24, 2.45) is 0 Å². The van der Waals surface area contributed by atoms with Crippen molar-refractivity contribution in [3.63, 3.8) is 0 Å². The fraction of sp³-hybridized carbons (Fsp3) is 0.625. The van der Waals surface area contributed by atoms with E-state index in [0.29, 0.717) is 25.8 Å². The summed E-state index contributed by atoms with van der Waals surface area (Å²) in [7, 11) is -2.38. The van der Waals surface area contributed by atoms with Gasteiger partial charge in [-0.05, 0) is 31.5 Å². The maximum atomic E-state index is 13.0. The van der Waals surface area contributed by atoms with Crippen molar-refractivity contribution >= 4 is 21.6 Å². The van der Waals surface area contributed by atoms with Crippen LogP contribution >= 0.6 is 11.6 Å². The Bertz CT molecular complexity index is 720. The molecule has 0 radical (unpaired) electrons. The van der Waals surface area contributed by atoms with E-state index in [9.17, 15) is 21.6 Å². The number of nitrogens with zero attached hydrogens (tertiary/aromatic N) is 2. The van der Waals surface area contributed by atoms with Crippen LogP contribution in [0.25, 0.3) is 0 Å². The normalized spacial score (nSPS) is 18.8. The van der Waals surface area contributed by atoms with Gasteiger partial charge in [0.1, 0.15) is 0 Å². The second kappa shape index (κ2) is 8.43. The average molecular weight is 415 g/mol. The summed E-state index contributed by atoms with van der Waals surface area (Å²) in [5.41, 5.74) is -1.15. The molecule has 0 aromatic heterocycles. The number of ether oxygens (including phenoxy) is 1. The molecule has 1 atom stereocenters. The van der Waals surface area contributed by atoms with E-state index in [1.54, 1.807) is 7.11 Å². The van der Waals surface area contributed by atoms with Gasteiger partial charge >= 0.3 is 6.18 Å². The average Bonchev–Trinajstić information content (AvgIpc) is 2.59. The molecule has 148 valence electrons. The molecule has 1 unspecified atom stereocenters. The predicted molar refractivity (Wildman–Crippen MR) is 92.7 cm³/mol. The number of rotatable bonds is 6. The van der Waals surface area contributed by atoms with Gasteiger partial charge in [-0.25, -0.2) is 8.42 Å². The lowest BCUT2D eigenvalue weighted by atomic mass is 10.2. The first-order chi connectivity index (χ1) is 12.1. The molecule has 0 aliphatic carbocycles. The van der Waals surface area contributed by atoms with Crippen molar-refractivity contribution in [1.82, 2.24) is 9.21 Å². The summed E-state index contributed by atoms with van der Waals surface area (Å²) >= 11 is 5.57. The number of hydrogen-bond donors (Lipinski definition) is 0. The largest absolute Gasteiger partial charge is 0.417 e. The SMILES string of the molecule is COCCC(C)N1CCN(S(=O)(=O)c2ccc(Cl)c(C(F)(F)F)c2)CC1. The first kappa shape index (κ1) is 21.4. The van der Waals surface area contributed by atoms with Crippen LogP contribution in [0.2, 0.25) is 5.02 Å². The monoisotopic (exact) mass is 414 g/mol.